The molecule has 5 heteroatoms. The lowest BCUT2D eigenvalue weighted by molar-refractivity contribution is 0.0696. The van der Waals surface area contributed by atoms with Crippen molar-refractivity contribution in [3.8, 4) is 11.5 Å². The van der Waals surface area contributed by atoms with E-state index in [4.69, 9.17) is 9.84 Å². The fourth-order valence-electron chi connectivity index (χ4n) is 1.36. The normalized spacial score (nSPS) is 10.1. The number of carboxylic acid groups (broad SMARTS) is 1. The average Bonchev–Trinajstić information content (AvgIpc) is 2.34. The molecule has 3 nitrogen and oxygen atoms in total. The molecule has 0 saturated heterocycles. The van der Waals surface area contributed by atoms with Crippen molar-refractivity contribution in [3.05, 3.63) is 59.7 Å². The summed E-state index contributed by atoms with van der Waals surface area (Å²) in [5, 5.41) is 8.67. The SMILES string of the molecule is O=C(O)c1ccc(Oc2ccccc2F)c(F)c1. The maximum atomic E-state index is 13.5. The van der Waals surface area contributed by atoms with E-state index in [0.717, 1.165) is 12.1 Å². The van der Waals surface area contributed by atoms with E-state index in [0.29, 0.717) is 0 Å². The Hall–Kier alpha value is -2.43. The number of halogens is 2. The third-order valence-corrected chi connectivity index (χ3v) is 2.24. The molecule has 0 amide bonds. The third-order valence-electron chi connectivity index (χ3n) is 2.24. The van der Waals surface area contributed by atoms with Crippen molar-refractivity contribution in [3.63, 3.8) is 0 Å². The maximum Gasteiger partial charge on any atom is 0.335 e. The Bertz CT molecular complexity index is 597. The molecule has 2 aromatic rings. The first-order valence-electron chi connectivity index (χ1n) is 5.03. The van der Waals surface area contributed by atoms with Crippen LogP contribution in [0.5, 0.6) is 11.5 Å². The van der Waals surface area contributed by atoms with Crippen LogP contribution in [-0.2, 0) is 0 Å². The molecular weight excluding hydrogens is 242 g/mol. The van der Waals surface area contributed by atoms with E-state index in [1.54, 1.807) is 6.07 Å². The molecule has 2 aromatic carbocycles. The van der Waals surface area contributed by atoms with Gasteiger partial charge in [-0.15, -0.1) is 0 Å². The number of hydrogen-bond acceptors (Lipinski definition) is 2. The summed E-state index contributed by atoms with van der Waals surface area (Å²) in [5.41, 5.74) is -0.201. The minimum Gasteiger partial charge on any atom is -0.478 e. The molecule has 0 heterocycles. The van der Waals surface area contributed by atoms with Crippen LogP contribution in [-0.4, -0.2) is 11.1 Å². The second kappa shape index (κ2) is 4.83. The van der Waals surface area contributed by atoms with Gasteiger partial charge in [-0.2, -0.15) is 0 Å². The Morgan fingerprint density at radius 1 is 1.00 bits per heavy atom. The number of para-hydroxylation sites is 1. The molecule has 0 bridgehead atoms. The van der Waals surface area contributed by atoms with E-state index < -0.39 is 17.6 Å². The highest BCUT2D eigenvalue weighted by Crippen LogP contribution is 2.27. The molecule has 0 unspecified atom stereocenters. The van der Waals surface area contributed by atoms with Crippen molar-refractivity contribution in [1.29, 1.82) is 0 Å². The monoisotopic (exact) mass is 250 g/mol. The quantitative estimate of drug-likeness (QED) is 0.907. The fraction of sp³-hybridized carbons (Fsp3) is 0. The van der Waals surface area contributed by atoms with E-state index in [9.17, 15) is 13.6 Å². The Labute approximate surface area is 101 Å². The van der Waals surface area contributed by atoms with Crippen LogP contribution in [0.2, 0.25) is 0 Å². The first-order valence-corrected chi connectivity index (χ1v) is 5.03. The highest BCUT2D eigenvalue weighted by molar-refractivity contribution is 5.87. The van der Waals surface area contributed by atoms with Crippen LogP contribution in [0.25, 0.3) is 0 Å². The molecule has 92 valence electrons. The van der Waals surface area contributed by atoms with Gasteiger partial charge in [0.15, 0.2) is 23.1 Å². The van der Waals surface area contributed by atoms with Crippen LogP contribution in [0.1, 0.15) is 10.4 Å². The summed E-state index contributed by atoms with van der Waals surface area (Å²) in [5.74, 6) is -3.09. The van der Waals surface area contributed by atoms with E-state index in [2.05, 4.69) is 0 Å². The number of carbonyl (C=O) groups is 1. The van der Waals surface area contributed by atoms with Gasteiger partial charge in [0.2, 0.25) is 0 Å². The van der Waals surface area contributed by atoms with Gasteiger partial charge in [0.05, 0.1) is 5.56 Å². The minimum absolute atomic E-state index is 0.125. The number of hydrogen-bond donors (Lipinski definition) is 1. The van der Waals surface area contributed by atoms with Crippen LogP contribution in [0, 0.1) is 11.6 Å². The first kappa shape index (κ1) is 12.0. The molecule has 18 heavy (non-hydrogen) atoms. The lowest BCUT2D eigenvalue weighted by Crippen LogP contribution is -1.98. The smallest absolute Gasteiger partial charge is 0.335 e. The summed E-state index contributed by atoms with van der Waals surface area (Å²) < 4.78 is 31.8. The van der Waals surface area contributed by atoms with Crippen LogP contribution in [0.4, 0.5) is 8.78 Å². The number of aromatic carboxylic acids is 1. The molecule has 0 aliphatic heterocycles. The Morgan fingerprint density at radius 3 is 2.28 bits per heavy atom. The topological polar surface area (TPSA) is 46.5 Å². The summed E-state index contributed by atoms with van der Waals surface area (Å²) in [6.45, 7) is 0. The maximum absolute atomic E-state index is 13.5. The summed E-state index contributed by atoms with van der Waals surface area (Å²) in [6, 6.07) is 8.69. The highest BCUT2D eigenvalue weighted by atomic mass is 19.1. The fourth-order valence-corrected chi connectivity index (χ4v) is 1.36. The van der Waals surface area contributed by atoms with Gasteiger partial charge < -0.3 is 9.84 Å². The van der Waals surface area contributed by atoms with Crippen LogP contribution in [0.3, 0.4) is 0 Å². The summed E-state index contributed by atoms with van der Waals surface area (Å²) in [6.07, 6.45) is 0. The predicted octanol–water partition coefficient (Wildman–Crippen LogP) is 3.46. The predicted molar refractivity (Wildman–Crippen MR) is 59.8 cm³/mol. The largest absolute Gasteiger partial charge is 0.478 e. The van der Waals surface area contributed by atoms with Gasteiger partial charge in [-0.05, 0) is 30.3 Å². The van der Waals surface area contributed by atoms with Gasteiger partial charge in [-0.25, -0.2) is 13.6 Å². The molecule has 0 aliphatic carbocycles. The van der Waals surface area contributed by atoms with Crippen molar-refractivity contribution >= 4 is 5.97 Å². The Kier molecular flexibility index (Phi) is 3.23. The zero-order valence-electron chi connectivity index (χ0n) is 9.06. The van der Waals surface area contributed by atoms with Crippen molar-refractivity contribution < 1.29 is 23.4 Å². The summed E-state index contributed by atoms with van der Waals surface area (Å²) >= 11 is 0. The van der Waals surface area contributed by atoms with E-state index in [1.165, 1.54) is 24.3 Å². The van der Waals surface area contributed by atoms with Gasteiger partial charge in [0.25, 0.3) is 0 Å². The first-order chi connectivity index (χ1) is 8.58. The van der Waals surface area contributed by atoms with Crippen molar-refractivity contribution in [2.24, 2.45) is 0 Å². The molecule has 0 radical (unpaired) electrons. The molecule has 0 spiro atoms. The van der Waals surface area contributed by atoms with Crippen LogP contribution < -0.4 is 4.74 Å². The molecule has 0 saturated carbocycles. The van der Waals surface area contributed by atoms with E-state index in [-0.39, 0.29) is 17.1 Å². The molecule has 0 atom stereocenters. The second-order valence-corrected chi connectivity index (χ2v) is 3.48. The van der Waals surface area contributed by atoms with Crippen LogP contribution in [0.15, 0.2) is 42.5 Å². The Balaban J connectivity index is 2.30. The van der Waals surface area contributed by atoms with Gasteiger partial charge >= 0.3 is 5.97 Å². The zero-order chi connectivity index (χ0) is 13.1. The van der Waals surface area contributed by atoms with Gasteiger partial charge in [0, 0.05) is 0 Å². The van der Waals surface area contributed by atoms with Crippen molar-refractivity contribution in [1.82, 2.24) is 0 Å². The third kappa shape index (κ3) is 2.45. The number of benzene rings is 2. The van der Waals surface area contributed by atoms with Crippen molar-refractivity contribution in [2.75, 3.05) is 0 Å². The summed E-state index contributed by atoms with van der Waals surface area (Å²) in [7, 11) is 0. The molecular formula is C13H8F2O3. The van der Waals surface area contributed by atoms with E-state index in [1.807, 2.05) is 0 Å². The lowest BCUT2D eigenvalue weighted by atomic mass is 10.2. The molecule has 2 rings (SSSR count). The molecule has 0 fully saturated rings. The van der Waals surface area contributed by atoms with Gasteiger partial charge in [0.1, 0.15) is 0 Å². The van der Waals surface area contributed by atoms with Gasteiger partial charge in [-0.3, -0.25) is 0 Å². The van der Waals surface area contributed by atoms with Gasteiger partial charge in [-0.1, -0.05) is 12.1 Å². The molecule has 0 aromatic heterocycles. The zero-order valence-corrected chi connectivity index (χ0v) is 9.06. The standard InChI is InChI=1S/C13H8F2O3/c14-9-3-1-2-4-11(9)18-12-6-5-8(13(16)17)7-10(12)15/h1-7H,(H,16,17). The van der Waals surface area contributed by atoms with E-state index >= 15 is 0 Å². The summed E-state index contributed by atoms with van der Waals surface area (Å²) in [4.78, 5) is 10.6. The number of carboxylic acids is 1. The Morgan fingerprint density at radius 2 is 1.67 bits per heavy atom. The number of rotatable bonds is 3. The molecule has 0 aliphatic rings. The van der Waals surface area contributed by atoms with Crippen molar-refractivity contribution in [2.45, 2.75) is 0 Å². The highest BCUT2D eigenvalue weighted by Gasteiger charge is 2.11. The number of ether oxygens (including phenoxy) is 1. The lowest BCUT2D eigenvalue weighted by Gasteiger charge is -2.07. The second-order valence-electron chi connectivity index (χ2n) is 3.48. The minimum atomic E-state index is -1.24. The van der Waals surface area contributed by atoms with Crippen LogP contribution >= 0.6 is 0 Å². The molecule has 1 N–H and O–H groups in total. The average molecular weight is 250 g/mol.